The highest BCUT2D eigenvalue weighted by molar-refractivity contribution is 4.85. The molecule has 1 unspecified atom stereocenters. The average Bonchev–Trinajstić information content (AvgIpc) is 2.85. The van der Waals surface area contributed by atoms with Gasteiger partial charge in [-0.1, -0.05) is 27.7 Å². The fourth-order valence-electron chi connectivity index (χ4n) is 2.01. The lowest BCUT2D eigenvalue weighted by molar-refractivity contribution is 0.172. The normalized spacial score (nSPS) is 20.1. The summed E-state index contributed by atoms with van der Waals surface area (Å²) in [5.41, 5.74) is 0.483. The van der Waals surface area contributed by atoms with E-state index in [2.05, 4.69) is 39.5 Å². The zero-order valence-electron chi connectivity index (χ0n) is 10.6. The summed E-state index contributed by atoms with van der Waals surface area (Å²) in [5.74, 6) is 1.01. The van der Waals surface area contributed by atoms with Crippen LogP contribution in [0.5, 0.6) is 0 Å². The van der Waals surface area contributed by atoms with Crippen LogP contribution >= 0.6 is 0 Å². The van der Waals surface area contributed by atoms with Gasteiger partial charge in [-0.3, -0.25) is 0 Å². The summed E-state index contributed by atoms with van der Waals surface area (Å²) in [6.45, 7) is 14.2. The number of hydrogen-bond donors (Lipinski definition) is 0. The number of nitrogens with zero attached hydrogens (tertiary/aromatic N) is 1. The molecule has 0 spiro atoms. The molecule has 1 fully saturated rings. The molecule has 0 bridgehead atoms. The van der Waals surface area contributed by atoms with Gasteiger partial charge >= 0.3 is 0 Å². The third-order valence-corrected chi connectivity index (χ3v) is 3.44. The van der Waals surface area contributed by atoms with E-state index in [9.17, 15) is 0 Å². The Kier molecular flexibility index (Phi) is 4.00. The van der Waals surface area contributed by atoms with Crippen molar-refractivity contribution in [2.75, 3.05) is 13.1 Å². The smallest absolute Gasteiger partial charge is 0.00950 e. The Morgan fingerprint density at radius 1 is 1.29 bits per heavy atom. The van der Waals surface area contributed by atoms with E-state index >= 15 is 0 Å². The maximum absolute atomic E-state index is 2.66. The summed E-state index contributed by atoms with van der Waals surface area (Å²) in [7, 11) is 0. The SMILES string of the molecule is CCN(CCC(C)(C)C)C(C)C1CC1. The van der Waals surface area contributed by atoms with Crippen LogP contribution in [0.15, 0.2) is 0 Å². The van der Waals surface area contributed by atoms with E-state index in [1.165, 1.54) is 32.4 Å². The van der Waals surface area contributed by atoms with Crippen molar-refractivity contribution in [3.8, 4) is 0 Å². The summed E-state index contributed by atoms with van der Waals surface area (Å²) in [5, 5.41) is 0. The molecule has 0 N–H and O–H groups in total. The molecule has 1 aliphatic carbocycles. The molecule has 1 rings (SSSR count). The van der Waals surface area contributed by atoms with Crippen molar-refractivity contribution < 1.29 is 0 Å². The van der Waals surface area contributed by atoms with E-state index in [0.717, 1.165) is 12.0 Å². The molecule has 14 heavy (non-hydrogen) atoms. The third kappa shape index (κ3) is 4.00. The van der Waals surface area contributed by atoms with Crippen molar-refractivity contribution in [2.45, 2.75) is 59.9 Å². The summed E-state index contributed by atoms with van der Waals surface area (Å²) in [6.07, 6.45) is 4.25. The molecule has 1 saturated carbocycles. The first kappa shape index (κ1) is 12.0. The molecule has 84 valence electrons. The number of hydrogen-bond acceptors (Lipinski definition) is 1. The molecule has 0 saturated heterocycles. The second kappa shape index (κ2) is 4.65. The van der Waals surface area contributed by atoms with E-state index < -0.39 is 0 Å². The van der Waals surface area contributed by atoms with Gasteiger partial charge in [0.2, 0.25) is 0 Å². The first-order valence-corrected chi connectivity index (χ1v) is 6.18. The van der Waals surface area contributed by atoms with Gasteiger partial charge < -0.3 is 4.90 Å². The van der Waals surface area contributed by atoms with Crippen LogP contribution in [0.25, 0.3) is 0 Å². The first-order chi connectivity index (χ1) is 6.44. The minimum atomic E-state index is 0.483. The highest BCUT2D eigenvalue weighted by atomic mass is 15.2. The van der Waals surface area contributed by atoms with Crippen molar-refractivity contribution in [3.05, 3.63) is 0 Å². The topological polar surface area (TPSA) is 3.24 Å². The standard InChI is InChI=1S/C13H27N/c1-6-14(10-9-13(3,4)5)11(2)12-7-8-12/h11-12H,6-10H2,1-5H3. The summed E-state index contributed by atoms with van der Waals surface area (Å²) < 4.78 is 0. The molecule has 0 aliphatic heterocycles. The molecule has 1 atom stereocenters. The summed E-state index contributed by atoms with van der Waals surface area (Å²) >= 11 is 0. The minimum absolute atomic E-state index is 0.483. The van der Waals surface area contributed by atoms with Gasteiger partial charge in [-0.15, -0.1) is 0 Å². The monoisotopic (exact) mass is 197 g/mol. The molecule has 0 radical (unpaired) electrons. The van der Waals surface area contributed by atoms with Gasteiger partial charge in [0.15, 0.2) is 0 Å². The van der Waals surface area contributed by atoms with E-state index in [0.29, 0.717) is 5.41 Å². The molecule has 1 aliphatic rings. The maximum atomic E-state index is 2.66. The Hall–Kier alpha value is -0.0400. The molecular weight excluding hydrogens is 170 g/mol. The second-order valence-electron chi connectivity index (χ2n) is 6.02. The van der Waals surface area contributed by atoms with Gasteiger partial charge in [-0.05, 0) is 50.6 Å². The van der Waals surface area contributed by atoms with Crippen molar-refractivity contribution in [1.29, 1.82) is 0 Å². The van der Waals surface area contributed by atoms with Crippen molar-refractivity contribution in [3.63, 3.8) is 0 Å². The summed E-state index contributed by atoms with van der Waals surface area (Å²) in [4.78, 5) is 2.66. The van der Waals surface area contributed by atoms with E-state index in [1.54, 1.807) is 0 Å². The van der Waals surface area contributed by atoms with Gasteiger partial charge in [-0.25, -0.2) is 0 Å². The van der Waals surface area contributed by atoms with Gasteiger partial charge in [0, 0.05) is 6.04 Å². The van der Waals surface area contributed by atoms with Crippen LogP contribution < -0.4 is 0 Å². The van der Waals surface area contributed by atoms with Crippen molar-refractivity contribution >= 4 is 0 Å². The fraction of sp³-hybridized carbons (Fsp3) is 1.00. The molecule has 0 aromatic heterocycles. The summed E-state index contributed by atoms with van der Waals surface area (Å²) in [6, 6.07) is 0.822. The Labute approximate surface area is 89.9 Å². The molecule has 1 heteroatoms. The molecule has 0 aromatic carbocycles. The molecular formula is C13H27N. The lowest BCUT2D eigenvalue weighted by atomic mass is 9.92. The third-order valence-electron chi connectivity index (χ3n) is 3.44. The Morgan fingerprint density at radius 3 is 2.21 bits per heavy atom. The highest BCUT2D eigenvalue weighted by Gasteiger charge is 2.31. The minimum Gasteiger partial charge on any atom is -0.301 e. The largest absolute Gasteiger partial charge is 0.301 e. The highest BCUT2D eigenvalue weighted by Crippen LogP contribution is 2.35. The lowest BCUT2D eigenvalue weighted by Crippen LogP contribution is -2.36. The van der Waals surface area contributed by atoms with Crippen LogP contribution in [0.1, 0.15) is 53.9 Å². The molecule has 0 heterocycles. The number of rotatable bonds is 5. The Bertz CT molecular complexity index is 165. The zero-order valence-corrected chi connectivity index (χ0v) is 10.6. The van der Waals surface area contributed by atoms with Crippen molar-refractivity contribution in [1.82, 2.24) is 4.90 Å². The predicted octanol–water partition coefficient (Wildman–Crippen LogP) is 3.54. The average molecular weight is 197 g/mol. The Morgan fingerprint density at radius 2 is 1.86 bits per heavy atom. The first-order valence-electron chi connectivity index (χ1n) is 6.18. The maximum Gasteiger partial charge on any atom is 0.00950 e. The zero-order chi connectivity index (χ0) is 10.8. The van der Waals surface area contributed by atoms with Gasteiger partial charge in [0.25, 0.3) is 0 Å². The van der Waals surface area contributed by atoms with Gasteiger partial charge in [-0.2, -0.15) is 0 Å². The van der Waals surface area contributed by atoms with E-state index in [-0.39, 0.29) is 0 Å². The molecule has 0 amide bonds. The van der Waals surface area contributed by atoms with Crippen LogP contribution in [-0.2, 0) is 0 Å². The quantitative estimate of drug-likeness (QED) is 0.651. The second-order valence-corrected chi connectivity index (χ2v) is 6.02. The van der Waals surface area contributed by atoms with E-state index in [1.807, 2.05) is 0 Å². The fourth-order valence-corrected chi connectivity index (χ4v) is 2.01. The van der Waals surface area contributed by atoms with Gasteiger partial charge in [0.1, 0.15) is 0 Å². The molecule has 1 nitrogen and oxygen atoms in total. The van der Waals surface area contributed by atoms with Crippen molar-refractivity contribution in [2.24, 2.45) is 11.3 Å². The van der Waals surface area contributed by atoms with Crippen LogP contribution in [-0.4, -0.2) is 24.0 Å². The van der Waals surface area contributed by atoms with Crippen LogP contribution in [0.3, 0.4) is 0 Å². The van der Waals surface area contributed by atoms with Gasteiger partial charge in [0.05, 0.1) is 0 Å². The lowest BCUT2D eigenvalue weighted by Gasteiger charge is -2.30. The van der Waals surface area contributed by atoms with Crippen LogP contribution in [0.4, 0.5) is 0 Å². The Balaban J connectivity index is 2.30. The van der Waals surface area contributed by atoms with Crippen LogP contribution in [0, 0.1) is 11.3 Å². The molecule has 0 aromatic rings. The predicted molar refractivity (Wildman–Crippen MR) is 63.5 cm³/mol. The van der Waals surface area contributed by atoms with E-state index in [4.69, 9.17) is 0 Å². The van der Waals surface area contributed by atoms with Crippen LogP contribution in [0.2, 0.25) is 0 Å².